The van der Waals surface area contributed by atoms with E-state index in [0.717, 1.165) is 5.37 Å². The van der Waals surface area contributed by atoms with Crippen LogP contribution in [0, 0.1) is 0 Å². The molecule has 0 aromatic heterocycles. The van der Waals surface area contributed by atoms with Crippen LogP contribution in [0.4, 0.5) is 0 Å². The molecule has 0 amide bonds. The molecule has 0 saturated heterocycles. The Balaban J connectivity index is -0.000000142. The third-order valence-corrected chi connectivity index (χ3v) is 1.24. The van der Waals surface area contributed by atoms with Gasteiger partial charge in [0.05, 0.1) is 0 Å². The van der Waals surface area contributed by atoms with Crippen molar-refractivity contribution in [2.24, 2.45) is 5.73 Å². The van der Waals surface area contributed by atoms with Crippen LogP contribution in [0.15, 0.2) is 0 Å². The normalized spacial score (nSPS) is 11.7. The summed E-state index contributed by atoms with van der Waals surface area (Å²) in [6.07, 6.45) is 0. The van der Waals surface area contributed by atoms with E-state index in [2.05, 4.69) is 24.8 Å². The van der Waals surface area contributed by atoms with Crippen LogP contribution in [0.5, 0.6) is 0 Å². The topological polar surface area (TPSA) is 80.4 Å². The van der Waals surface area contributed by atoms with Crippen molar-refractivity contribution in [1.29, 1.82) is 0 Å². The molecule has 0 bridgehead atoms. The second-order valence-electron chi connectivity index (χ2n) is 1.66. The predicted octanol–water partition coefficient (Wildman–Crippen LogP) is -0.554. The molecule has 4 nitrogen and oxygen atoms in total. The number of hydrogen-bond acceptors (Lipinski definition) is 5. The molecule has 0 heterocycles. The molecule has 0 saturated carbocycles. The molecule has 12 heavy (non-hydrogen) atoms. The summed E-state index contributed by atoms with van der Waals surface area (Å²) in [5.41, 5.74) is 4.98. The Kier molecular flexibility index (Phi) is 17.9. The van der Waals surface area contributed by atoms with Crippen molar-refractivity contribution in [2.75, 3.05) is 5.75 Å². The average Bonchev–Trinajstić information content (AvgIpc) is 1.58. The fourth-order valence-electron chi connectivity index (χ4n) is 0.0860. The minimum absolute atomic E-state index is 0. The van der Waals surface area contributed by atoms with Gasteiger partial charge in [-0.1, -0.05) is 12.2 Å². The molecule has 70 valence electrons. The number of hydrogen-bond donors (Lipinski definition) is 3. The Morgan fingerprint density at radius 1 is 1.75 bits per heavy atom. The number of nitrogens with two attached hydrogens (primary N) is 1. The van der Waals surface area contributed by atoms with Crippen molar-refractivity contribution in [2.45, 2.75) is 12.3 Å². The number of thiol groups is 1. The van der Waals surface area contributed by atoms with E-state index in [1.165, 1.54) is 0 Å². The molecular formula is C4H12KNO3S3. The first-order valence-electron chi connectivity index (χ1n) is 2.62. The molecule has 0 aromatic carbocycles. The molecule has 8 heteroatoms. The second-order valence-corrected chi connectivity index (χ2v) is 4.30. The molecule has 3 N–H and O–H groups in total. The van der Waals surface area contributed by atoms with E-state index >= 15 is 0 Å². The van der Waals surface area contributed by atoms with Crippen LogP contribution < -0.4 is 5.73 Å². The van der Waals surface area contributed by atoms with Gasteiger partial charge in [0.1, 0.15) is 5.75 Å². The van der Waals surface area contributed by atoms with E-state index in [-0.39, 0.29) is 56.8 Å². The van der Waals surface area contributed by atoms with E-state index in [9.17, 15) is 8.42 Å². The van der Waals surface area contributed by atoms with Crippen LogP contribution in [-0.2, 0) is 10.1 Å². The third kappa shape index (κ3) is 40.5. The van der Waals surface area contributed by atoms with Gasteiger partial charge >= 0.3 is 51.4 Å². The van der Waals surface area contributed by atoms with Gasteiger partial charge in [0.25, 0.3) is 10.1 Å². The third-order valence-electron chi connectivity index (χ3n) is 0.279. The van der Waals surface area contributed by atoms with Crippen molar-refractivity contribution >= 4 is 91.7 Å². The van der Waals surface area contributed by atoms with Crippen molar-refractivity contribution in [3.05, 3.63) is 0 Å². The maximum absolute atomic E-state index is 9.69. The van der Waals surface area contributed by atoms with Crippen LogP contribution in [0.25, 0.3) is 0 Å². The van der Waals surface area contributed by atoms with Gasteiger partial charge in [0, 0.05) is 5.37 Å². The minimum atomic E-state index is -3.83. The van der Waals surface area contributed by atoms with Crippen LogP contribution in [0.3, 0.4) is 0 Å². The molecule has 1 unspecified atom stereocenters. The Bertz CT molecular complexity index is 189. The summed E-state index contributed by atoms with van der Waals surface area (Å²) in [4.78, 5) is 0. The van der Waals surface area contributed by atoms with Crippen molar-refractivity contribution in [1.82, 2.24) is 0 Å². The summed E-state index contributed by atoms with van der Waals surface area (Å²) >= 11 is 7.88. The van der Waals surface area contributed by atoms with Crippen molar-refractivity contribution < 1.29 is 13.0 Å². The van der Waals surface area contributed by atoms with E-state index in [1.54, 1.807) is 0 Å². The zero-order valence-corrected chi connectivity index (χ0v) is 8.49. The van der Waals surface area contributed by atoms with Crippen LogP contribution in [0.2, 0.25) is 0 Å². The van der Waals surface area contributed by atoms with Gasteiger partial charge in [0.2, 0.25) is 0 Å². The van der Waals surface area contributed by atoms with E-state index < -0.39 is 15.9 Å². The number of rotatable bonds is 2. The van der Waals surface area contributed by atoms with Gasteiger partial charge < -0.3 is 5.73 Å². The van der Waals surface area contributed by atoms with Gasteiger partial charge in [-0.25, -0.2) is 0 Å². The van der Waals surface area contributed by atoms with Gasteiger partial charge in [0.15, 0.2) is 0 Å². The quantitative estimate of drug-likeness (QED) is 0.203. The molecule has 0 aliphatic heterocycles. The summed E-state index contributed by atoms with van der Waals surface area (Å²) in [5.74, 6) is -0.442. The molecule has 0 rings (SSSR count). The first kappa shape index (κ1) is 19.5. The fourth-order valence-corrected chi connectivity index (χ4v) is 0.774. The van der Waals surface area contributed by atoms with Crippen molar-refractivity contribution in [3.63, 3.8) is 0 Å². The summed E-state index contributed by atoms with van der Waals surface area (Å²) < 4.78 is 27.3. The van der Waals surface area contributed by atoms with E-state index in [1.807, 2.05) is 6.92 Å². The zero-order valence-electron chi connectivity index (χ0n) is 5.97. The summed E-state index contributed by atoms with van der Waals surface area (Å²) in [7, 11) is -3.83. The van der Waals surface area contributed by atoms with Crippen LogP contribution in [0.1, 0.15) is 6.92 Å². The Morgan fingerprint density at radius 2 is 2.00 bits per heavy atom. The van der Waals surface area contributed by atoms with Gasteiger partial charge in [-0.05, 0) is 12.3 Å². The van der Waals surface area contributed by atoms with Crippen LogP contribution in [-0.4, -0.2) is 80.8 Å². The average molecular weight is 257 g/mol. The molecular weight excluding hydrogens is 245 g/mol. The predicted molar refractivity (Wildman–Crippen MR) is 59.9 cm³/mol. The number of thiocarbonyl (C=S) groups is 1. The molecule has 0 fully saturated rings. The molecule has 0 aliphatic rings. The SMILES string of the molecule is CC(N)S.O=S(=O)(O)CC=S.[KH]. The second kappa shape index (κ2) is 11.0. The Labute approximate surface area is 126 Å². The molecule has 1 atom stereocenters. The van der Waals surface area contributed by atoms with E-state index in [0.29, 0.717) is 0 Å². The summed E-state index contributed by atoms with van der Waals surface area (Å²) in [6, 6.07) is 0. The maximum atomic E-state index is 9.69. The van der Waals surface area contributed by atoms with E-state index in [4.69, 9.17) is 10.3 Å². The van der Waals surface area contributed by atoms with Crippen molar-refractivity contribution in [3.8, 4) is 0 Å². The fraction of sp³-hybridized carbons (Fsp3) is 0.750. The summed E-state index contributed by atoms with van der Waals surface area (Å²) in [5, 5.41) is 0.981. The zero-order chi connectivity index (χ0) is 9.49. The first-order chi connectivity index (χ1) is 4.79. The molecule has 0 aromatic rings. The monoisotopic (exact) mass is 257 g/mol. The summed E-state index contributed by atoms with van der Waals surface area (Å²) in [6.45, 7) is 1.81. The van der Waals surface area contributed by atoms with Gasteiger partial charge in [-0.3, -0.25) is 4.55 Å². The molecule has 0 aliphatic carbocycles. The van der Waals surface area contributed by atoms with Gasteiger partial charge in [-0.2, -0.15) is 21.0 Å². The Morgan fingerprint density at radius 3 is 2.00 bits per heavy atom. The van der Waals surface area contributed by atoms with Crippen LogP contribution >= 0.6 is 24.8 Å². The molecule has 0 spiro atoms. The first-order valence-corrected chi connectivity index (χ1v) is 5.21. The molecule has 0 radical (unpaired) electrons. The standard InChI is InChI=1S/C2H7NS.C2H4O3S2.K.H/c1-2(3)4;3-7(4,5)2-1-6;;/h2,4H,3H2,1H3;1H,2H2,(H,3,4,5);;. The Hall–Kier alpha value is 1.95. The van der Waals surface area contributed by atoms with Gasteiger partial charge in [-0.15, -0.1) is 0 Å².